The van der Waals surface area contributed by atoms with E-state index in [1.54, 1.807) is 13.1 Å². The SMILES string of the molecule is CNNC(=O)Nc1cccc(C)c1CONC(C)=O. The molecule has 1 aromatic carbocycles. The van der Waals surface area contributed by atoms with Gasteiger partial charge in [0.1, 0.15) is 6.61 Å². The molecule has 7 heteroatoms. The van der Waals surface area contributed by atoms with E-state index in [2.05, 4.69) is 21.6 Å². The molecular formula is C12H18N4O3. The number of hydrazine groups is 1. The van der Waals surface area contributed by atoms with Gasteiger partial charge in [-0.2, -0.15) is 0 Å². The Labute approximate surface area is 111 Å². The summed E-state index contributed by atoms with van der Waals surface area (Å²) in [5.74, 6) is -0.281. The number of hydrogen-bond acceptors (Lipinski definition) is 4. The van der Waals surface area contributed by atoms with Gasteiger partial charge in [0.05, 0.1) is 0 Å². The van der Waals surface area contributed by atoms with E-state index in [9.17, 15) is 9.59 Å². The number of rotatable bonds is 5. The number of urea groups is 1. The Bertz CT molecular complexity index is 462. The molecule has 0 unspecified atom stereocenters. The molecule has 104 valence electrons. The van der Waals surface area contributed by atoms with Gasteiger partial charge in [-0.25, -0.2) is 15.7 Å². The molecule has 0 bridgehead atoms. The Hall–Kier alpha value is -2.12. The summed E-state index contributed by atoms with van der Waals surface area (Å²) in [5.41, 5.74) is 9.55. The Kier molecular flexibility index (Phi) is 5.77. The Balaban J connectivity index is 2.76. The fourth-order valence-electron chi connectivity index (χ4n) is 1.49. The highest BCUT2D eigenvalue weighted by atomic mass is 16.6. The van der Waals surface area contributed by atoms with Gasteiger partial charge in [-0.15, -0.1) is 0 Å². The Morgan fingerprint density at radius 2 is 2.05 bits per heavy atom. The normalized spacial score (nSPS) is 9.84. The lowest BCUT2D eigenvalue weighted by molar-refractivity contribution is -0.132. The predicted molar refractivity (Wildman–Crippen MR) is 71.0 cm³/mol. The van der Waals surface area contributed by atoms with Crippen molar-refractivity contribution in [1.82, 2.24) is 16.3 Å². The first-order valence-electron chi connectivity index (χ1n) is 5.75. The van der Waals surface area contributed by atoms with E-state index in [4.69, 9.17) is 4.84 Å². The maximum absolute atomic E-state index is 11.5. The molecule has 0 saturated carbocycles. The summed E-state index contributed by atoms with van der Waals surface area (Å²) in [6.07, 6.45) is 0. The first-order chi connectivity index (χ1) is 9.04. The molecule has 1 rings (SSSR count). The molecule has 19 heavy (non-hydrogen) atoms. The number of benzene rings is 1. The van der Waals surface area contributed by atoms with Gasteiger partial charge in [0.15, 0.2) is 0 Å². The van der Waals surface area contributed by atoms with Crippen molar-refractivity contribution in [3.63, 3.8) is 0 Å². The second-order valence-corrected chi connectivity index (χ2v) is 3.88. The van der Waals surface area contributed by atoms with Crippen LogP contribution in [-0.2, 0) is 16.2 Å². The standard InChI is InChI=1S/C12H18N4O3/c1-8-5-4-6-11(14-12(18)15-13-3)10(8)7-19-16-9(2)17/h4-6,13H,7H2,1-3H3,(H,16,17)(H2,14,15,18). The summed E-state index contributed by atoms with van der Waals surface area (Å²) < 4.78 is 0. The molecule has 0 radical (unpaired) electrons. The van der Waals surface area contributed by atoms with Crippen molar-refractivity contribution in [2.45, 2.75) is 20.5 Å². The fraction of sp³-hybridized carbons (Fsp3) is 0.333. The number of hydroxylamine groups is 1. The van der Waals surface area contributed by atoms with Gasteiger partial charge in [-0.1, -0.05) is 12.1 Å². The number of anilines is 1. The van der Waals surface area contributed by atoms with E-state index in [1.807, 2.05) is 19.1 Å². The third kappa shape index (κ3) is 4.94. The average Bonchev–Trinajstić information content (AvgIpc) is 2.32. The van der Waals surface area contributed by atoms with Crippen molar-refractivity contribution in [3.8, 4) is 0 Å². The third-order valence-corrected chi connectivity index (χ3v) is 2.33. The van der Waals surface area contributed by atoms with Crippen LogP contribution in [0.1, 0.15) is 18.1 Å². The largest absolute Gasteiger partial charge is 0.333 e. The van der Waals surface area contributed by atoms with Crippen LogP contribution in [0.15, 0.2) is 18.2 Å². The molecule has 0 aliphatic carbocycles. The second kappa shape index (κ2) is 7.34. The van der Waals surface area contributed by atoms with Gasteiger partial charge < -0.3 is 5.32 Å². The van der Waals surface area contributed by atoms with Crippen molar-refractivity contribution >= 4 is 17.6 Å². The van der Waals surface area contributed by atoms with E-state index in [1.165, 1.54) is 6.92 Å². The lowest BCUT2D eigenvalue weighted by Crippen LogP contribution is -2.37. The predicted octanol–water partition coefficient (Wildman–Crippen LogP) is 0.819. The van der Waals surface area contributed by atoms with E-state index < -0.39 is 0 Å². The van der Waals surface area contributed by atoms with Crippen molar-refractivity contribution < 1.29 is 14.4 Å². The molecule has 0 aliphatic heterocycles. The number of hydrogen-bond donors (Lipinski definition) is 4. The number of aryl methyl sites for hydroxylation is 1. The highest BCUT2D eigenvalue weighted by Gasteiger charge is 2.09. The summed E-state index contributed by atoms with van der Waals surface area (Å²) in [5, 5.41) is 2.69. The maximum atomic E-state index is 11.5. The van der Waals surface area contributed by atoms with Crippen LogP contribution in [0, 0.1) is 6.92 Å². The molecule has 0 heterocycles. The number of carbonyl (C=O) groups is 2. The van der Waals surface area contributed by atoms with Crippen LogP contribution in [0.2, 0.25) is 0 Å². The van der Waals surface area contributed by atoms with Gasteiger partial charge in [0, 0.05) is 25.2 Å². The van der Waals surface area contributed by atoms with Gasteiger partial charge in [-0.05, 0) is 18.6 Å². The first-order valence-corrected chi connectivity index (χ1v) is 5.75. The molecule has 0 saturated heterocycles. The van der Waals surface area contributed by atoms with E-state index in [0.29, 0.717) is 5.69 Å². The quantitative estimate of drug-likeness (QED) is 0.594. The topological polar surface area (TPSA) is 91.5 Å². The van der Waals surface area contributed by atoms with E-state index in [0.717, 1.165) is 11.1 Å². The van der Waals surface area contributed by atoms with Gasteiger partial charge in [0.25, 0.3) is 0 Å². The number of nitrogens with one attached hydrogen (secondary N) is 4. The minimum Gasteiger partial charge on any atom is -0.307 e. The molecule has 1 aromatic rings. The van der Waals surface area contributed by atoms with Crippen LogP contribution < -0.4 is 21.6 Å². The summed E-state index contributed by atoms with van der Waals surface area (Å²) >= 11 is 0. The lowest BCUT2D eigenvalue weighted by Gasteiger charge is -2.14. The molecule has 0 atom stereocenters. The van der Waals surface area contributed by atoms with Crippen molar-refractivity contribution in [3.05, 3.63) is 29.3 Å². The average molecular weight is 266 g/mol. The van der Waals surface area contributed by atoms with Crippen LogP contribution in [0.4, 0.5) is 10.5 Å². The highest BCUT2D eigenvalue weighted by Crippen LogP contribution is 2.20. The van der Waals surface area contributed by atoms with Crippen LogP contribution in [0.3, 0.4) is 0 Å². The number of amides is 3. The zero-order chi connectivity index (χ0) is 14.3. The number of carbonyl (C=O) groups excluding carboxylic acids is 2. The smallest absolute Gasteiger partial charge is 0.307 e. The summed E-state index contributed by atoms with van der Waals surface area (Å²) in [7, 11) is 1.59. The van der Waals surface area contributed by atoms with Crippen LogP contribution >= 0.6 is 0 Å². The monoisotopic (exact) mass is 266 g/mol. The fourth-order valence-corrected chi connectivity index (χ4v) is 1.49. The third-order valence-electron chi connectivity index (χ3n) is 2.33. The molecule has 7 nitrogen and oxygen atoms in total. The zero-order valence-corrected chi connectivity index (χ0v) is 11.2. The minimum atomic E-state index is -0.381. The first kappa shape index (κ1) is 14.9. The van der Waals surface area contributed by atoms with E-state index in [-0.39, 0.29) is 18.5 Å². The van der Waals surface area contributed by atoms with Gasteiger partial charge >= 0.3 is 6.03 Å². The van der Waals surface area contributed by atoms with Crippen molar-refractivity contribution in [1.29, 1.82) is 0 Å². The van der Waals surface area contributed by atoms with Crippen LogP contribution in [0.25, 0.3) is 0 Å². The van der Waals surface area contributed by atoms with Crippen molar-refractivity contribution in [2.24, 2.45) is 0 Å². The molecule has 0 fully saturated rings. The van der Waals surface area contributed by atoms with Gasteiger partial charge in [0.2, 0.25) is 5.91 Å². The summed E-state index contributed by atoms with van der Waals surface area (Å²) in [6.45, 7) is 3.42. The molecule has 4 N–H and O–H groups in total. The van der Waals surface area contributed by atoms with Gasteiger partial charge in [-0.3, -0.25) is 15.1 Å². The second-order valence-electron chi connectivity index (χ2n) is 3.88. The Morgan fingerprint density at radius 3 is 2.68 bits per heavy atom. The molecule has 0 aliphatic rings. The molecular weight excluding hydrogens is 248 g/mol. The maximum Gasteiger partial charge on any atom is 0.333 e. The summed E-state index contributed by atoms with van der Waals surface area (Å²) in [4.78, 5) is 27.3. The highest BCUT2D eigenvalue weighted by molar-refractivity contribution is 5.89. The molecule has 0 aromatic heterocycles. The van der Waals surface area contributed by atoms with E-state index >= 15 is 0 Å². The lowest BCUT2D eigenvalue weighted by atomic mass is 10.1. The summed E-state index contributed by atoms with van der Waals surface area (Å²) in [6, 6.07) is 5.10. The molecule has 0 spiro atoms. The minimum absolute atomic E-state index is 0.168. The van der Waals surface area contributed by atoms with Crippen molar-refractivity contribution in [2.75, 3.05) is 12.4 Å². The van der Waals surface area contributed by atoms with Crippen LogP contribution in [0.5, 0.6) is 0 Å². The Morgan fingerprint density at radius 1 is 1.32 bits per heavy atom. The zero-order valence-electron chi connectivity index (χ0n) is 11.2. The molecule has 3 amide bonds. The van der Waals surface area contributed by atoms with Crippen LogP contribution in [-0.4, -0.2) is 19.0 Å².